The molecule has 1 aromatic heterocycles. The number of aromatic nitrogens is 2. The first-order valence-corrected chi connectivity index (χ1v) is 9.28. The summed E-state index contributed by atoms with van der Waals surface area (Å²) in [6.07, 6.45) is 0.294. The molecule has 1 atom stereocenters. The normalized spacial score (nSPS) is 17.3. The SMILES string of the molecule is CCOc1ccc2nc(N3CCCN(C[C@@H](O)CO)CC3)nc(C)c2c1. The van der Waals surface area contributed by atoms with Gasteiger partial charge in [-0.25, -0.2) is 9.97 Å². The van der Waals surface area contributed by atoms with Crippen molar-refractivity contribution >= 4 is 16.9 Å². The number of benzene rings is 1. The number of nitrogens with zero attached hydrogens (tertiary/aromatic N) is 4. The maximum Gasteiger partial charge on any atom is 0.226 e. The molecular formula is C19H28N4O3. The third-order valence-corrected chi connectivity index (χ3v) is 4.71. The highest BCUT2D eigenvalue weighted by Crippen LogP contribution is 2.24. The second-order valence-electron chi connectivity index (χ2n) is 6.70. The van der Waals surface area contributed by atoms with Crippen LogP contribution < -0.4 is 9.64 Å². The van der Waals surface area contributed by atoms with Gasteiger partial charge in [0.05, 0.1) is 30.5 Å². The summed E-state index contributed by atoms with van der Waals surface area (Å²) in [5.74, 6) is 1.59. The highest BCUT2D eigenvalue weighted by Gasteiger charge is 2.19. The quantitative estimate of drug-likeness (QED) is 0.801. The fourth-order valence-electron chi connectivity index (χ4n) is 3.35. The molecule has 2 aromatic rings. The van der Waals surface area contributed by atoms with Crippen molar-refractivity contribution in [1.82, 2.24) is 14.9 Å². The maximum atomic E-state index is 9.66. The zero-order chi connectivity index (χ0) is 18.5. The van der Waals surface area contributed by atoms with E-state index >= 15 is 0 Å². The summed E-state index contributed by atoms with van der Waals surface area (Å²) in [6, 6.07) is 5.93. The molecule has 1 saturated heterocycles. The molecule has 142 valence electrons. The minimum atomic E-state index is -0.680. The molecule has 0 bridgehead atoms. The van der Waals surface area contributed by atoms with E-state index < -0.39 is 6.10 Å². The van der Waals surface area contributed by atoms with Crippen molar-refractivity contribution in [2.45, 2.75) is 26.4 Å². The molecule has 7 nitrogen and oxygen atoms in total. The predicted octanol–water partition coefficient (Wildman–Crippen LogP) is 1.20. The fourth-order valence-corrected chi connectivity index (χ4v) is 3.35. The van der Waals surface area contributed by atoms with Crippen LogP contribution in [0.4, 0.5) is 5.95 Å². The Morgan fingerprint density at radius 1 is 1.19 bits per heavy atom. The highest BCUT2D eigenvalue weighted by atomic mass is 16.5. The maximum absolute atomic E-state index is 9.66. The van der Waals surface area contributed by atoms with Gasteiger partial charge in [0, 0.05) is 31.6 Å². The largest absolute Gasteiger partial charge is 0.494 e. The van der Waals surface area contributed by atoms with Crippen molar-refractivity contribution < 1.29 is 14.9 Å². The lowest BCUT2D eigenvalue weighted by atomic mass is 10.2. The Labute approximate surface area is 154 Å². The van der Waals surface area contributed by atoms with Gasteiger partial charge in [0.1, 0.15) is 5.75 Å². The smallest absolute Gasteiger partial charge is 0.226 e. The Hall–Kier alpha value is -1.96. The van der Waals surface area contributed by atoms with Crippen LogP contribution in [0.5, 0.6) is 5.75 Å². The number of aryl methyl sites for hydroxylation is 1. The molecule has 2 N–H and O–H groups in total. The predicted molar refractivity (Wildman–Crippen MR) is 102 cm³/mol. The molecule has 0 amide bonds. The molecule has 1 aromatic carbocycles. The first-order chi connectivity index (χ1) is 12.6. The number of aliphatic hydroxyl groups is 2. The fraction of sp³-hybridized carbons (Fsp3) is 0.579. The molecule has 0 radical (unpaired) electrons. The first kappa shape index (κ1) is 18.8. The zero-order valence-corrected chi connectivity index (χ0v) is 15.6. The van der Waals surface area contributed by atoms with Gasteiger partial charge in [-0.2, -0.15) is 0 Å². The van der Waals surface area contributed by atoms with Crippen LogP contribution in [0.25, 0.3) is 10.9 Å². The molecule has 2 heterocycles. The Morgan fingerprint density at radius 2 is 2.04 bits per heavy atom. The summed E-state index contributed by atoms with van der Waals surface area (Å²) in [4.78, 5) is 13.9. The average molecular weight is 360 g/mol. The standard InChI is InChI=1S/C19H28N4O3/c1-3-26-16-5-6-18-17(11-16)14(2)20-19(21-18)23-8-4-7-22(9-10-23)12-15(25)13-24/h5-6,11,15,24-25H,3-4,7-10,12-13H2,1-2H3/t15-/m1/s1. The van der Waals surface area contributed by atoms with E-state index in [-0.39, 0.29) is 6.61 Å². The molecule has 0 unspecified atom stereocenters. The van der Waals surface area contributed by atoms with E-state index in [0.29, 0.717) is 13.2 Å². The molecule has 1 aliphatic rings. The van der Waals surface area contributed by atoms with Gasteiger partial charge in [-0.1, -0.05) is 0 Å². The summed E-state index contributed by atoms with van der Waals surface area (Å²) < 4.78 is 5.57. The van der Waals surface area contributed by atoms with Crippen LogP contribution in [0, 0.1) is 6.92 Å². The summed E-state index contributed by atoms with van der Waals surface area (Å²) in [5.41, 5.74) is 1.87. The van der Waals surface area contributed by atoms with Crippen molar-refractivity contribution in [2.24, 2.45) is 0 Å². The average Bonchev–Trinajstić information content (AvgIpc) is 2.88. The van der Waals surface area contributed by atoms with Crippen molar-refractivity contribution in [3.63, 3.8) is 0 Å². The second kappa shape index (κ2) is 8.62. The van der Waals surface area contributed by atoms with Crippen molar-refractivity contribution in [2.75, 3.05) is 50.8 Å². The van der Waals surface area contributed by atoms with Gasteiger partial charge in [0.25, 0.3) is 0 Å². The molecule has 0 spiro atoms. The van der Waals surface area contributed by atoms with Gasteiger partial charge in [-0.15, -0.1) is 0 Å². The minimum absolute atomic E-state index is 0.197. The van der Waals surface area contributed by atoms with Crippen molar-refractivity contribution in [1.29, 1.82) is 0 Å². The van der Waals surface area contributed by atoms with Crippen molar-refractivity contribution in [3.8, 4) is 5.75 Å². The van der Waals surface area contributed by atoms with Crippen LogP contribution in [0.3, 0.4) is 0 Å². The van der Waals surface area contributed by atoms with E-state index in [9.17, 15) is 5.11 Å². The van der Waals surface area contributed by atoms with E-state index in [2.05, 4.69) is 9.80 Å². The molecule has 3 rings (SSSR count). The van der Waals surface area contributed by atoms with Crippen LogP contribution in [0.15, 0.2) is 18.2 Å². The third kappa shape index (κ3) is 4.41. The van der Waals surface area contributed by atoms with Gasteiger partial charge >= 0.3 is 0 Å². The number of β-amino-alcohol motifs (C(OH)–C–C–N with tert-alkyl or cyclic N) is 1. The van der Waals surface area contributed by atoms with E-state index in [0.717, 1.165) is 60.9 Å². The van der Waals surface area contributed by atoms with Crippen LogP contribution in [0.2, 0.25) is 0 Å². The molecule has 0 saturated carbocycles. The first-order valence-electron chi connectivity index (χ1n) is 9.28. The molecule has 1 aliphatic heterocycles. The van der Waals surface area contributed by atoms with Crippen LogP contribution in [0.1, 0.15) is 19.0 Å². The van der Waals surface area contributed by atoms with E-state index in [4.69, 9.17) is 19.8 Å². The Morgan fingerprint density at radius 3 is 2.81 bits per heavy atom. The van der Waals surface area contributed by atoms with Crippen LogP contribution in [-0.4, -0.2) is 77.1 Å². The van der Waals surface area contributed by atoms with Crippen LogP contribution in [-0.2, 0) is 0 Å². The van der Waals surface area contributed by atoms with E-state index in [1.165, 1.54) is 0 Å². The van der Waals surface area contributed by atoms with E-state index in [1.807, 2.05) is 32.0 Å². The minimum Gasteiger partial charge on any atom is -0.494 e. The number of anilines is 1. The van der Waals surface area contributed by atoms with E-state index in [1.54, 1.807) is 0 Å². The topological polar surface area (TPSA) is 82.0 Å². The van der Waals surface area contributed by atoms with Gasteiger partial charge in [-0.05, 0) is 45.0 Å². The number of ether oxygens (including phenoxy) is 1. The molecular weight excluding hydrogens is 332 g/mol. The summed E-state index contributed by atoms with van der Waals surface area (Å²) >= 11 is 0. The van der Waals surface area contributed by atoms with Gasteiger partial charge in [0.2, 0.25) is 5.95 Å². The van der Waals surface area contributed by atoms with Crippen LogP contribution >= 0.6 is 0 Å². The molecule has 1 fully saturated rings. The monoisotopic (exact) mass is 360 g/mol. The summed E-state index contributed by atoms with van der Waals surface area (Å²) in [5, 5.41) is 19.7. The third-order valence-electron chi connectivity index (χ3n) is 4.71. The number of rotatable bonds is 6. The lowest BCUT2D eigenvalue weighted by Crippen LogP contribution is -2.37. The highest BCUT2D eigenvalue weighted by molar-refractivity contribution is 5.83. The van der Waals surface area contributed by atoms with Gasteiger partial charge < -0.3 is 19.8 Å². The molecule has 26 heavy (non-hydrogen) atoms. The Kier molecular flexibility index (Phi) is 6.24. The summed E-state index contributed by atoms with van der Waals surface area (Å²) in [6.45, 7) is 8.33. The molecule has 0 aliphatic carbocycles. The van der Waals surface area contributed by atoms with Crippen molar-refractivity contribution in [3.05, 3.63) is 23.9 Å². The number of aliphatic hydroxyl groups excluding tert-OH is 2. The van der Waals surface area contributed by atoms with Gasteiger partial charge in [-0.3, -0.25) is 4.90 Å². The Balaban J connectivity index is 1.76. The number of hydrogen-bond acceptors (Lipinski definition) is 7. The van der Waals surface area contributed by atoms with Gasteiger partial charge in [0.15, 0.2) is 0 Å². The molecule has 7 heteroatoms. The Bertz CT molecular complexity index is 740. The lowest BCUT2D eigenvalue weighted by molar-refractivity contribution is 0.0612. The second-order valence-corrected chi connectivity index (χ2v) is 6.70. The lowest BCUT2D eigenvalue weighted by Gasteiger charge is -2.23. The number of fused-ring (bicyclic) bond motifs is 1. The number of hydrogen-bond donors (Lipinski definition) is 2. The zero-order valence-electron chi connectivity index (χ0n) is 15.6. The summed E-state index contributed by atoms with van der Waals surface area (Å²) in [7, 11) is 0.